The second kappa shape index (κ2) is 5.92. The molecule has 0 radical (unpaired) electrons. The molecule has 1 amide bonds. The molecule has 1 rings (SSSR count). The summed E-state index contributed by atoms with van der Waals surface area (Å²) < 4.78 is 10.8. The minimum atomic E-state index is -0.441. The van der Waals surface area contributed by atoms with Gasteiger partial charge < -0.3 is 14.4 Å². The molecule has 0 aliphatic carbocycles. The zero-order valence-corrected chi connectivity index (χ0v) is 11.1. The number of rotatable bonds is 2. The Hall–Kier alpha value is -1.21. The predicted octanol–water partition coefficient (Wildman–Crippen LogP) is 2.04. The second-order valence-corrected chi connectivity index (χ2v) is 5.07. The molecule has 1 fully saturated rings. The number of hydrogen-bond donors (Lipinski definition) is 0. The van der Waals surface area contributed by atoms with Crippen LogP contribution in [0.4, 0.5) is 4.79 Å². The maximum Gasteiger partial charge on any atom is 0.410 e. The smallest absolute Gasteiger partial charge is 0.410 e. The molecule has 1 saturated heterocycles. The summed E-state index contributed by atoms with van der Waals surface area (Å²) in [6.07, 6.45) is 0.679. The highest BCUT2D eigenvalue weighted by Crippen LogP contribution is 2.16. The molecule has 1 atom stereocenters. The van der Waals surface area contributed by atoms with Crippen molar-refractivity contribution in [2.45, 2.75) is 45.8 Å². The van der Waals surface area contributed by atoms with E-state index in [4.69, 9.17) is 9.47 Å². The van der Waals surface area contributed by atoms with E-state index in [0.29, 0.717) is 19.7 Å². The van der Waals surface area contributed by atoms with Crippen molar-refractivity contribution in [3.05, 3.63) is 0 Å². The molecule has 17 heavy (non-hydrogen) atoms. The van der Waals surface area contributed by atoms with Gasteiger partial charge in [-0.2, -0.15) is 0 Å². The van der Waals surface area contributed by atoms with E-state index in [1.165, 1.54) is 0 Å². The van der Waals surface area contributed by atoms with E-state index in [1.54, 1.807) is 11.8 Å². The Morgan fingerprint density at radius 1 is 1.47 bits per heavy atom. The Bertz CT molecular complexity index is 322. The Labute approximate surface area is 103 Å². The standard InChI is InChI=1S/C13H21NO3/c1-5-6-9-16-11-7-8-14(10-11)12(15)17-13(2,3)4/h11H,7-10H2,1-4H3. The quantitative estimate of drug-likeness (QED) is 0.692. The topological polar surface area (TPSA) is 38.8 Å². The van der Waals surface area contributed by atoms with Crippen LogP contribution in [0.1, 0.15) is 34.1 Å². The summed E-state index contributed by atoms with van der Waals surface area (Å²) in [7, 11) is 0. The Kier molecular flexibility index (Phi) is 4.83. The molecule has 0 N–H and O–H groups in total. The van der Waals surface area contributed by atoms with E-state index in [2.05, 4.69) is 11.8 Å². The summed E-state index contributed by atoms with van der Waals surface area (Å²) in [6, 6.07) is 0. The van der Waals surface area contributed by atoms with Crippen molar-refractivity contribution in [3.63, 3.8) is 0 Å². The van der Waals surface area contributed by atoms with Gasteiger partial charge in [0.15, 0.2) is 0 Å². The van der Waals surface area contributed by atoms with Crippen LogP contribution in [0.3, 0.4) is 0 Å². The van der Waals surface area contributed by atoms with Crippen molar-refractivity contribution in [1.82, 2.24) is 4.90 Å². The molecule has 4 nitrogen and oxygen atoms in total. The molecule has 0 aromatic carbocycles. The van der Waals surface area contributed by atoms with Crippen molar-refractivity contribution in [2.75, 3.05) is 19.7 Å². The van der Waals surface area contributed by atoms with Gasteiger partial charge in [0.2, 0.25) is 0 Å². The van der Waals surface area contributed by atoms with Crippen molar-refractivity contribution < 1.29 is 14.3 Å². The molecule has 1 aliphatic heterocycles. The molecule has 1 aliphatic rings. The first-order chi connectivity index (χ1) is 7.92. The van der Waals surface area contributed by atoms with Gasteiger partial charge >= 0.3 is 6.09 Å². The predicted molar refractivity (Wildman–Crippen MR) is 65.6 cm³/mol. The molecule has 96 valence electrons. The molecule has 1 unspecified atom stereocenters. The SMILES string of the molecule is CC#CCOC1CCN(C(=O)OC(C)(C)C)C1. The minimum Gasteiger partial charge on any atom is -0.444 e. The van der Waals surface area contributed by atoms with Gasteiger partial charge in [0.1, 0.15) is 12.2 Å². The van der Waals surface area contributed by atoms with Gasteiger partial charge in [-0.1, -0.05) is 5.92 Å². The number of carbonyl (C=O) groups is 1. The average molecular weight is 239 g/mol. The van der Waals surface area contributed by atoms with Crippen LogP contribution in [-0.4, -0.2) is 42.4 Å². The number of ether oxygens (including phenoxy) is 2. The van der Waals surface area contributed by atoms with Crippen LogP contribution in [0.25, 0.3) is 0 Å². The molecule has 1 heterocycles. The third-order valence-electron chi connectivity index (χ3n) is 2.36. The molecule has 0 spiro atoms. The first-order valence-electron chi connectivity index (χ1n) is 5.91. The van der Waals surface area contributed by atoms with E-state index >= 15 is 0 Å². The lowest BCUT2D eigenvalue weighted by molar-refractivity contribution is 0.0238. The first kappa shape index (κ1) is 13.9. The molecular formula is C13H21NO3. The Morgan fingerprint density at radius 2 is 2.18 bits per heavy atom. The van der Waals surface area contributed by atoms with Crippen LogP contribution < -0.4 is 0 Å². The van der Waals surface area contributed by atoms with E-state index in [1.807, 2.05) is 20.8 Å². The van der Waals surface area contributed by atoms with Crippen LogP contribution >= 0.6 is 0 Å². The van der Waals surface area contributed by atoms with Gasteiger partial charge in [0, 0.05) is 6.54 Å². The Balaban J connectivity index is 2.33. The second-order valence-electron chi connectivity index (χ2n) is 5.07. The van der Waals surface area contributed by atoms with E-state index in [0.717, 1.165) is 6.42 Å². The summed E-state index contributed by atoms with van der Waals surface area (Å²) >= 11 is 0. The Morgan fingerprint density at radius 3 is 2.76 bits per heavy atom. The van der Waals surface area contributed by atoms with Crippen LogP contribution in [0.2, 0.25) is 0 Å². The van der Waals surface area contributed by atoms with Crippen LogP contribution in [0.15, 0.2) is 0 Å². The lowest BCUT2D eigenvalue weighted by Crippen LogP contribution is -2.36. The van der Waals surface area contributed by atoms with E-state index in [9.17, 15) is 4.79 Å². The number of hydrogen-bond acceptors (Lipinski definition) is 3. The maximum atomic E-state index is 11.8. The van der Waals surface area contributed by atoms with Gasteiger partial charge in [0.05, 0.1) is 12.6 Å². The van der Waals surface area contributed by atoms with Crippen LogP contribution in [0, 0.1) is 11.8 Å². The molecule has 0 saturated carbocycles. The van der Waals surface area contributed by atoms with Crippen molar-refractivity contribution in [1.29, 1.82) is 0 Å². The van der Waals surface area contributed by atoms with Gasteiger partial charge in [-0.05, 0) is 34.1 Å². The summed E-state index contributed by atoms with van der Waals surface area (Å²) in [5, 5.41) is 0. The lowest BCUT2D eigenvalue weighted by atomic mass is 10.2. The largest absolute Gasteiger partial charge is 0.444 e. The highest BCUT2D eigenvalue weighted by atomic mass is 16.6. The summed E-state index contributed by atoms with van der Waals surface area (Å²) in [5.41, 5.74) is -0.441. The first-order valence-corrected chi connectivity index (χ1v) is 5.91. The number of carbonyl (C=O) groups excluding carboxylic acids is 1. The highest BCUT2D eigenvalue weighted by molar-refractivity contribution is 5.68. The molecule has 0 bridgehead atoms. The van der Waals surface area contributed by atoms with E-state index < -0.39 is 5.60 Å². The van der Waals surface area contributed by atoms with Crippen LogP contribution in [0.5, 0.6) is 0 Å². The number of amides is 1. The minimum absolute atomic E-state index is 0.0865. The lowest BCUT2D eigenvalue weighted by Gasteiger charge is -2.24. The molecule has 0 aromatic rings. The molecule has 0 aromatic heterocycles. The third kappa shape index (κ3) is 5.10. The third-order valence-corrected chi connectivity index (χ3v) is 2.36. The monoisotopic (exact) mass is 239 g/mol. The normalized spacial score (nSPS) is 19.8. The van der Waals surface area contributed by atoms with Crippen molar-refractivity contribution >= 4 is 6.09 Å². The molecular weight excluding hydrogens is 218 g/mol. The van der Waals surface area contributed by atoms with Gasteiger partial charge in [-0.15, -0.1) is 5.92 Å². The highest BCUT2D eigenvalue weighted by Gasteiger charge is 2.29. The van der Waals surface area contributed by atoms with Gasteiger partial charge in [-0.25, -0.2) is 4.79 Å². The van der Waals surface area contributed by atoms with Crippen LogP contribution in [-0.2, 0) is 9.47 Å². The maximum absolute atomic E-state index is 11.8. The fourth-order valence-corrected chi connectivity index (χ4v) is 1.59. The molecule has 4 heteroatoms. The zero-order chi connectivity index (χ0) is 12.9. The number of likely N-dealkylation sites (tertiary alicyclic amines) is 1. The summed E-state index contributed by atoms with van der Waals surface area (Å²) in [6.45, 7) is 9.11. The van der Waals surface area contributed by atoms with Gasteiger partial charge in [0.25, 0.3) is 0 Å². The number of nitrogens with zero attached hydrogens (tertiary/aromatic N) is 1. The zero-order valence-electron chi connectivity index (χ0n) is 11.1. The van der Waals surface area contributed by atoms with Gasteiger partial charge in [-0.3, -0.25) is 0 Å². The average Bonchev–Trinajstić information content (AvgIpc) is 2.64. The summed E-state index contributed by atoms with van der Waals surface area (Å²) in [5.74, 6) is 5.63. The van der Waals surface area contributed by atoms with E-state index in [-0.39, 0.29) is 12.2 Å². The van der Waals surface area contributed by atoms with Crippen molar-refractivity contribution in [2.24, 2.45) is 0 Å². The fourth-order valence-electron chi connectivity index (χ4n) is 1.59. The summed E-state index contributed by atoms with van der Waals surface area (Å²) in [4.78, 5) is 13.4. The fraction of sp³-hybridized carbons (Fsp3) is 0.769. The van der Waals surface area contributed by atoms with Crippen molar-refractivity contribution in [3.8, 4) is 11.8 Å².